The van der Waals surface area contributed by atoms with Crippen molar-refractivity contribution in [1.82, 2.24) is 9.91 Å². The van der Waals surface area contributed by atoms with E-state index in [1.807, 2.05) is 66.7 Å². The van der Waals surface area contributed by atoms with Gasteiger partial charge in [-0.15, -0.1) is 0 Å². The van der Waals surface area contributed by atoms with Crippen molar-refractivity contribution >= 4 is 23.8 Å². The van der Waals surface area contributed by atoms with Crippen LogP contribution in [-0.4, -0.2) is 46.3 Å². The highest BCUT2D eigenvalue weighted by Gasteiger charge is 2.64. The summed E-state index contributed by atoms with van der Waals surface area (Å²) >= 11 is 0. The second-order valence-corrected chi connectivity index (χ2v) is 8.92. The van der Waals surface area contributed by atoms with E-state index >= 15 is 0 Å². The van der Waals surface area contributed by atoms with Crippen molar-refractivity contribution in [3.63, 3.8) is 0 Å². The highest BCUT2D eigenvalue weighted by atomic mass is 16.2. The lowest BCUT2D eigenvalue weighted by atomic mass is 9.83. The molecule has 2 fully saturated rings. The number of likely N-dealkylation sites (tertiary alicyclic amines) is 1. The van der Waals surface area contributed by atoms with Crippen LogP contribution in [-0.2, 0) is 9.59 Å². The van der Waals surface area contributed by atoms with Crippen LogP contribution in [0.4, 0.5) is 0 Å². The molecular weight excluding hydrogens is 426 g/mol. The number of nitrogens with zero attached hydrogens (tertiary/aromatic N) is 3. The number of carbonyl (C=O) groups excluding carboxylic acids is 3. The standard InChI is InChI=1S/C28H23N3O3/c1-2-30-27(33)22-23(28(30)34)25(31-24(22)21-11-7-6-10-20(21)16-29-31)26(32)19-14-12-18(13-15-19)17-8-4-3-5-9-17/h3-16,22-25H,2H2,1H3/t22-,23+,24-,25-/m0/s1. The fourth-order valence-electron chi connectivity index (χ4n) is 5.67. The Kier molecular flexibility index (Phi) is 4.69. The molecule has 6 nitrogen and oxygen atoms in total. The number of hydrogen-bond acceptors (Lipinski definition) is 5. The molecule has 0 radical (unpaired) electrons. The van der Waals surface area contributed by atoms with E-state index in [1.165, 1.54) is 4.90 Å². The molecule has 6 rings (SSSR count). The molecule has 3 aliphatic rings. The van der Waals surface area contributed by atoms with Gasteiger partial charge in [0.15, 0.2) is 5.78 Å². The molecule has 34 heavy (non-hydrogen) atoms. The average molecular weight is 450 g/mol. The monoisotopic (exact) mass is 449 g/mol. The Labute approximate surface area is 197 Å². The van der Waals surface area contributed by atoms with Gasteiger partial charge in [-0.2, -0.15) is 5.10 Å². The van der Waals surface area contributed by atoms with E-state index in [1.54, 1.807) is 30.3 Å². The van der Waals surface area contributed by atoms with Crippen molar-refractivity contribution in [2.75, 3.05) is 6.54 Å². The molecule has 0 unspecified atom stereocenters. The summed E-state index contributed by atoms with van der Waals surface area (Å²) in [5.41, 5.74) is 4.43. The Hall–Kier alpha value is -4.06. The molecule has 0 saturated carbocycles. The van der Waals surface area contributed by atoms with Gasteiger partial charge in [-0.05, 0) is 29.2 Å². The number of hydrogen-bond donors (Lipinski definition) is 0. The third kappa shape index (κ3) is 2.88. The van der Waals surface area contributed by atoms with Gasteiger partial charge < -0.3 is 0 Å². The summed E-state index contributed by atoms with van der Waals surface area (Å²) in [5.74, 6) is -2.05. The molecule has 3 aromatic rings. The van der Waals surface area contributed by atoms with Gasteiger partial charge in [0.25, 0.3) is 0 Å². The normalized spacial score (nSPS) is 24.7. The van der Waals surface area contributed by atoms with E-state index in [0.29, 0.717) is 12.1 Å². The lowest BCUT2D eigenvalue weighted by Crippen LogP contribution is -2.44. The molecule has 3 aromatic carbocycles. The number of Topliss-reactive ketones (excluding diaryl/α,β-unsaturated/α-hetero) is 1. The summed E-state index contributed by atoms with van der Waals surface area (Å²) in [6, 6.07) is 23.9. The number of imide groups is 1. The van der Waals surface area contributed by atoms with Gasteiger partial charge >= 0.3 is 0 Å². The Morgan fingerprint density at radius 2 is 1.47 bits per heavy atom. The Bertz CT molecular complexity index is 1330. The summed E-state index contributed by atoms with van der Waals surface area (Å²) in [4.78, 5) is 41.8. The Balaban J connectivity index is 1.41. The SMILES string of the molecule is CCN1C(=O)[C@@H]2[C@H](C1=O)[C@@H]1c3ccccc3C=NN1[C@@H]2C(=O)c1ccc(-c2ccccc2)cc1. The predicted molar refractivity (Wildman–Crippen MR) is 128 cm³/mol. The molecule has 0 aromatic heterocycles. The zero-order valence-electron chi connectivity index (χ0n) is 18.7. The third-order valence-electron chi connectivity index (χ3n) is 7.25. The lowest BCUT2D eigenvalue weighted by molar-refractivity contribution is -0.141. The van der Waals surface area contributed by atoms with Crippen molar-refractivity contribution in [1.29, 1.82) is 0 Å². The van der Waals surface area contributed by atoms with Crippen LogP contribution in [0, 0.1) is 11.8 Å². The summed E-state index contributed by atoms with van der Waals surface area (Å²) in [5, 5.41) is 6.30. The quantitative estimate of drug-likeness (QED) is 0.447. The minimum Gasteiger partial charge on any atom is -0.292 e. The van der Waals surface area contributed by atoms with Gasteiger partial charge in [-0.3, -0.25) is 24.3 Å². The Morgan fingerprint density at radius 1 is 0.824 bits per heavy atom. The van der Waals surface area contributed by atoms with E-state index in [4.69, 9.17) is 0 Å². The number of hydrazone groups is 1. The molecule has 0 spiro atoms. The van der Waals surface area contributed by atoms with Crippen LogP contribution < -0.4 is 0 Å². The lowest BCUT2D eigenvalue weighted by Gasteiger charge is -2.33. The van der Waals surface area contributed by atoms with Gasteiger partial charge in [0.1, 0.15) is 6.04 Å². The largest absolute Gasteiger partial charge is 0.292 e. The summed E-state index contributed by atoms with van der Waals surface area (Å²) in [7, 11) is 0. The average Bonchev–Trinajstić information content (AvgIpc) is 3.36. The van der Waals surface area contributed by atoms with Crippen LogP contribution >= 0.6 is 0 Å². The smallest absolute Gasteiger partial charge is 0.235 e. The maximum Gasteiger partial charge on any atom is 0.235 e. The molecule has 6 heteroatoms. The van der Waals surface area contributed by atoms with Crippen LogP contribution in [0.2, 0.25) is 0 Å². The van der Waals surface area contributed by atoms with Gasteiger partial charge in [-0.25, -0.2) is 0 Å². The highest BCUT2D eigenvalue weighted by Crippen LogP contribution is 2.52. The molecule has 2 amide bonds. The van der Waals surface area contributed by atoms with Crippen LogP contribution in [0.5, 0.6) is 0 Å². The molecule has 0 N–H and O–H groups in total. The van der Waals surface area contributed by atoms with Gasteiger partial charge in [-0.1, -0.05) is 78.9 Å². The minimum atomic E-state index is -0.824. The topological polar surface area (TPSA) is 70.1 Å². The van der Waals surface area contributed by atoms with Crippen molar-refractivity contribution in [3.05, 3.63) is 95.6 Å². The summed E-state index contributed by atoms with van der Waals surface area (Å²) in [6.07, 6.45) is 1.72. The first kappa shape index (κ1) is 20.5. The van der Waals surface area contributed by atoms with E-state index in [0.717, 1.165) is 22.3 Å². The third-order valence-corrected chi connectivity index (χ3v) is 7.25. The van der Waals surface area contributed by atoms with E-state index < -0.39 is 23.9 Å². The Morgan fingerprint density at radius 3 is 2.21 bits per heavy atom. The molecule has 0 bridgehead atoms. The fourth-order valence-corrected chi connectivity index (χ4v) is 5.67. The van der Waals surface area contributed by atoms with Gasteiger partial charge in [0.05, 0.1) is 24.1 Å². The van der Waals surface area contributed by atoms with Crippen LogP contribution in [0.15, 0.2) is 84.0 Å². The first-order valence-electron chi connectivity index (χ1n) is 11.6. The number of amides is 2. The van der Waals surface area contributed by atoms with E-state index in [-0.39, 0.29) is 17.6 Å². The van der Waals surface area contributed by atoms with Crippen molar-refractivity contribution in [2.24, 2.45) is 16.9 Å². The maximum atomic E-state index is 13.9. The minimum absolute atomic E-state index is 0.187. The zero-order valence-corrected chi connectivity index (χ0v) is 18.7. The number of carbonyl (C=O) groups is 3. The first-order valence-corrected chi connectivity index (χ1v) is 11.6. The van der Waals surface area contributed by atoms with Crippen LogP contribution in [0.25, 0.3) is 11.1 Å². The van der Waals surface area contributed by atoms with E-state index in [9.17, 15) is 14.4 Å². The molecule has 2 saturated heterocycles. The van der Waals surface area contributed by atoms with Crippen molar-refractivity contribution < 1.29 is 14.4 Å². The number of fused-ring (bicyclic) bond motifs is 5. The molecule has 3 heterocycles. The van der Waals surface area contributed by atoms with E-state index in [2.05, 4.69) is 5.10 Å². The van der Waals surface area contributed by atoms with Crippen molar-refractivity contribution in [3.8, 4) is 11.1 Å². The zero-order chi connectivity index (χ0) is 23.4. The molecule has 0 aliphatic carbocycles. The summed E-state index contributed by atoms with van der Waals surface area (Å²) in [6.45, 7) is 2.09. The van der Waals surface area contributed by atoms with Crippen LogP contribution in [0.1, 0.15) is 34.5 Å². The molecular formula is C28H23N3O3. The van der Waals surface area contributed by atoms with Crippen molar-refractivity contribution in [2.45, 2.75) is 19.0 Å². The van der Waals surface area contributed by atoms with Gasteiger partial charge in [0.2, 0.25) is 11.8 Å². The summed E-state index contributed by atoms with van der Waals surface area (Å²) < 4.78 is 0. The number of ketones is 1. The maximum absolute atomic E-state index is 13.9. The molecule has 3 aliphatic heterocycles. The second-order valence-electron chi connectivity index (χ2n) is 8.92. The second kappa shape index (κ2) is 7.76. The molecule has 4 atom stereocenters. The highest BCUT2D eigenvalue weighted by molar-refractivity contribution is 6.12. The number of rotatable bonds is 4. The first-order chi connectivity index (χ1) is 16.6. The fraction of sp³-hybridized carbons (Fsp3) is 0.214. The number of benzene rings is 3. The van der Waals surface area contributed by atoms with Crippen LogP contribution in [0.3, 0.4) is 0 Å². The predicted octanol–water partition coefficient (Wildman–Crippen LogP) is 3.93. The van der Waals surface area contributed by atoms with Gasteiger partial charge in [0, 0.05) is 12.1 Å². The molecule has 168 valence electrons.